The van der Waals surface area contributed by atoms with E-state index in [1.807, 2.05) is 0 Å². The van der Waals surface area contributed by atoms with Gasteiger partial charge in [-0.25, -0.2) is 8.78 Å². The third kappa shape index (κ3) is 1.23. The van der Waals surface area contributed by atoms with Crippen LogP contribution in [0.2, 0.25) is 0 Å². The highest BCUT2D eigenvalue weighted by Gasteiger charge is 2.65. The predicted molar refractivity (Wildman–Crippen MR) is 61.1 cm³/mol. The molecule has 0 radical (unpaired) electrons. The van der Waals surface area contributed by atoms with Gasteiger partial charge in [0.2, 0.25) is 0 Å². The Labute approximate surface area is 101 Å². The Balaban J connectivity index is 2.11. The summed E-state index contributed by atoms with van der Waals surface area (Å²) in [5, 5.41) is 0. The summed E-state index contributed by atoms with van der Waals surface area (Å²) in [6.45, 7) is 0. The van der Waals surface area contributed by atoms with Crippen molar-refractivity contribution in [3.8, 4) is 0 Å². The van der Waals surface area contributed by atoms with Gasteiger partial charge in [-0.15, -0.1) is 0 Å². The molecule has 16 heavy (non-hydrogen) atoms. The van der Waals surface area contributed by atoms with Crippen molar-refractivity contribution in [2.24, 2.45) is 5.73 Å². The second-order valence-electron chi connectivity index (χ2n) is 4.96. The van der Waals surface area contributed by atoms with Gasteiger partial charge in [-0.05, 0) is 53.2 Å². The first-order valence-corrected chi connectivity index (χ1v) is 6.22. The van der Waals surface area contributed by atoms with Crippen LogP contribution in [0, 0.1) is 11.6 Å². The van der Waals surface area contributed by atoms with Gasteiger partial charge in [-0.3, -0.25) is 0 Å². The van der Waals surface area contributed by atoms with Crippen LogP contribution in [0.25, 0.3) is 0 Å². The topological polar surface area (TPSA) is 26.0 Å². The van der Waals surface area contributed by atoms with E-state index in [9.17, 15) is 8.78 Å². The van der Waals surface area contributed by atoms with E-state index in [4.69, 9.17) is 5.73 Å². The van der Waals surface area contributed by atoms with E-state index in [0.717, 1.165) is 25.7 Å². The lowest BCUT2D eigenvalue weighted by Crippen LogP contribution is -2.38. The second-order valence-corrected chi connectivity index (χ2v) is 5.75. The molecule has 2 aliphatic rings. The van der Waals surface area contributed by atoms with Crippen molar-refractivity contribution in [1.82, 2.24) is 0 Å². The molecular weight excluding hydrogens is 276 g/mol. The standard InChI is InChI=1S/C12H12BrF2N/c13-9-8(14)2-1-7(10(9)15)11(3-4-11)12(16)5-6-12/h1-2H,3-6,16H2. The molecular formula is C12H12BrF2N. The number of rotatable bonds is 2. The van der Waals surface area contributed by atoms with Crippen LogP contribution >= 0.6 is 15.9 Å². The summed E-state index contributed by atoms with van der Waals surface area (Å²) in [6, 6.07) is 2.86. The maximum atomic E-state index is 14.0. The highest BCUT2D eigenvalue weighted by atomic mass is 79.9. The molecule has 1 aromatic rings. The molecule has 2 aliphatic carbocycles. The third-order valence-corrected chi connectivity index (χ3v) is 4.77. The van der Waals surface area contributed by atoms with Crippen LogP contribution < -0.4 is 5.73 Å². The molecule has 1 nitrogen and oxygen atoms in total. The summed E-state index contributed by atoms with van der Waals surface area (Å²) in [5.41, 5.74) is 6.31. The monoisotopic (exact) mass is 287 g/mol. The van der Waals surface area contributed by atoms with E-state index in [-0.39, 0.29) is 15.4 Å². The van der Waals surface area contributed by atoms with Crippen molar-refractivity contribution >= 4 is 15.9 Å². The largest absolute Gasteiger partial charge is 0.324 e. The molecule has 0 bridgehead atoms. The number of hydrogen-bond donors (Lipinski definition) is 1. The average Bonchev–Trinajstić information content (AvgIpc) is 3.11. The molecule has 86 valence electrons. The number of benzene rings is 1. The molecule has 0 aromatic heterocycles. The quantitative estimate of drug-likeness (QED) is 0.831. The van der Waals surface area contributed by atoms with E-state index >= 15 is 0 Å². The van der Waals surface area contributed by atoms with Gasteiger partial charge < -0.3 is 5.73 Å². The Hall–Kier alpha value is -0.480. The number of hydrogen-bond acceptors (Lipinski definition) is 1. The van der Waals surface area contributed by atoms with Crippen molar-refractivity contribution in [2.75, 3.05) is 0 Å². The zero-order valence-corrected chi connectivity index (χ0v) is 10.3. The molecule has 2 N–H and O–H groups in total. The van der Waals surface area contributed by atoms with E-state index in [1.54, 1.807) is 6.07 Å². The van der Waals surface area contributed by atoms with Crippen molar-refractivity contribution in [1.29, 1.82) is 0 Å². The number of nitrogens with two attached hydrogens (primary N) is 1. The maximum absolute atomic E-state index is 14.0. The fourth-order valence-electron chi connectivity index (χ4n) is 2.67. The van der Waals surface area contributed by atoms with Gasteiger partial charge in [0.05, 0.1) is 4.47 Å². The molecule has 0 saturated heterocycles. The molecule has 2 fully saturated rings. The molecule has 0 unspecified atom stereocenters. The van der Waals surface area contributed by atoms with Crippen LogP contribution in [0.5, 0.6) is 0 Å². The van der Waals surface area contributed by atoms with Crippen molar-refractivity contribution < 1.29 is 8.78 Å². The average molecular weight is 288 g/mol. The normalized spacial score (nSPS) is 24.2. The predicted octanol–water partition coefficient (Wildman–Crippen LogP) is 3.25. The van der Waals surface area contributed by atoms with Crippen LogP contribution in [0.15, 0.2) is 16.6 Å². The van der Waals surface area contributed by atoms with Crippen molar-refractivity contribution in [3.05, 3.63) is 33.8 Å². The van der Waals surface area contributed by atoms with Gasteiger partial charge in [0.15, 0.2) is 0 Å². The Morgan fingerprint density at radius 2 is 1.75 bits per heavy atom. The van der Waals surface area contributed by atoms with Crippen molar-refractivity contribution in [3.63, 3.8) is 0 Å². The van der Waals surface area contributed by atoms with Gasteiger partial charge in [-0.1, -0.05) is 6.07 Å². The van der Waals surface area contributed by atoms with Gasteiger partial charge >= 0.3 is 0 Å². The third-order valence-electron chi connectivity index (χ3n) is 4.04. The van der Waals surface area contributed by atoms with E-state index < -0.39 is 11.6 Å². The summed E-state index contributed by atoms with van der Waals surface area (Å²) in [4.78, 5) is 0. The van der Waals surface area contributed by atoms with E-state index in [2.05, 4.69) is 15.9 Å². The first kappa shape index (κ1) is 10.7. The fraction of sp³-hybridized carbons (Fsp3) is 0.500. The van der Waals surface area contributed by atoms with Crippen LogP contribution in [-0.2, 0) is 5.41 Å². The number of halogens is 3. The first-order valence-electron chi connectivity index (χ1n) is 5.43. The van der Waals surface area contributed by atoms with Crippen molar-refractivity contribution in [2.45, 2.75) is 36.6 Å². The summed E-state index contributed by atoms with van der Waals surface area (Å²) < 4.78 is 27.1. The lowest BCUT2D eigenvalue weighted by Gasteiger charge is -2.24. The van der Waals surface area contributed by atoms with Crippen LogP contribution in [0.3, 0.4) is 0 Å². The first-order chi connectivity index (χ1) is 7.50. The minimum absolute atomic E-state index is 0.0690. The lowest BCUT2D eigenvalue weighted by molar-refractivity contribution is 0.466. The van der Waals surface area contributed by atoms with E-state index in [0.29, 0.717) is 5.56 Å². The summed E-state index contributed by atoms with van der Waals surface area (Å²) in [6.07, 6.45) is 3.72. The molecule has 0 aliphatic heterocycles. The molecule has 3 rings (SSSR count). The Morgan fingerprint density at radius 3 is 2.25 bits per heavy atom. The summed E-state index contributed by atoms with van der Waals surface area (Å²) in [7, 11) is 0. The smallest absolute Gasteiger partial charge is 0.144 e. The van der Waals surface area contributed by atoms with Gasteiger partial charge in [0, 0.05) is 11.0 Å². The van der Waals surface area contributed by atoms with Crippen LogP contribution in [0.4, 0.5) is 8.78 Å². The zero-order valence-electron chi connectivity index (χ0n) is 8.69. The SMILES string of the molecule is NC1(C2(c3ccc(F)c(Br)c3F)CC2)CC1. The molecule has 0 spiro atoms. The molecule has 0 amide bonds. The molecule has 0 atom stereocenters. The van der Waals surface area contributed by atoms with Gasteiger partial charge in [0.1, 0.15) is 11.6 Å². The minimum atomic E-state index is -0.557. The second kappa shape index (κ2) is 3.05. The fourth-order valence-corrected chi connectivity index (χ4v) is 3.01. The highest BCUT2D eigenvalue weighted by molar-refractivity contribution is 9.10. The molecule has 1 aromatic carbocycles. The summed E-state index contributed by atoms with van der Waals surface area (Å²) >= 11 is 2.95. The molecule has 4 heteroatoms. The maximum Gasteiger partial charge on any atom is 0.144 e. The Bertz CT molecular complexity index is 464. The highest BCUT2D eigenvalue weighted by Crippen LogP contribution is 2.64. The van der Waals surface area contributed by atoms with Crippen LogP contribution in [-0.4, -0.2) is 5.54 Å². The lowest BCUT2D eigenvalue weighted by atomic mass is 9.86. The molecule has 2 saturated carbocycles. The molecule has 0 heterocycles. The summed E-state index contributed by atoms with van der Waals surface area (Å²) in [5.74, 6) is -1.03. The van der Waals surface area contributed by atoms with Gasteiger partial charge in [0.25, 0.3) is 0 Å². The van der Waals surface area contributed by atoms with Crippen LogP contribution in [0.1, 0.15) is 31.2 Å². The van der Waals surface area contributed by atoms with Gasteiger partial charge in [-0.2, -0.15) is 0 Å². The van der Waals surface area contributed by atoms with E-state index in [1.165, 1.54) is 6.07 Å². The Morgan fingerprint density at radius 1 is 1.12 bits per heavy atom. The zero-order chi connectivity index (χ0) is 11.6. The minimum Gasteiger partial charge on any atom is -0.324 e. The Kier molecular flexibility index (Phi) is 2.03.